The molecule has 0 bridgehead atoms. The lowest BCUT2D eigenvalue weighted by Crippen LogP contribution is -2.61. The molecule has 0 aromatic rings. The van der Waals surface area contributed by atoms with Gasteiger partial charge in [-0.3, -0.25) is 9.80 Å². The number of piperazine rings is 1. The third-order valence-electron chi connectivity index (χ3n) is 5.25. The summed E-state index contributed by atoms with van der Waals surface area (Å²) in [6.07, 6.45) is 8.45. The SMILES string of the molecule is CC1CN2CCCCC2CN1C1CCCNCC1. The zero-order valence-corrected chi connectivity index (χ0v) is 11.9. The number of hydrogen-bond acceptors (Lipinski definition) is 3. The van der Waals surface area contributed by atoms with Crippen molar-refractivity contribution < 1.29 is 0 Å². The molecule has 1 N–H and O–H groups in total. The summed E-state index contributed by atoms with van der Waals surface area (Å²) in [5.74, 6) is 0. The Morgan fingerprint density at radius 1 is 0.889 bits per heavy atom. The van der Waals surface area contributed by atoms with Crippen LogP contribution < -0.4 is 5.32 Å². The van der Waals surface area contributed by atoms with Crippen molar-refractivity contribution in [3.63, 3.8) is 0 Å². The van der Waals surface area contributed by atoms with Crippen LogP contribution in [0.4, 0.5) is 0 Å². The summed E-state index contributed by atoms with van der Waals surface area (Å²) in [4.78, 5) is 5.61. The molecule has 3 unspecified atom stereocenters. The van der Waals surface area contributed by atoms with Crippen molar-refractivity contribution >= 4 is 0 Å². The Hall–Kier alpha value is -0.120. The Morgan fingerprint density at radius 3 is 2.72 bits per heavy atom. The van der Waals surface area contributed by atoms with Crippen LogP contribution in [0, 0.1) is 0 Å². The van der Waals surface area contributed by atoms with E-state index in [-0.39, 0.29) is 0 Å². The Bertz CT molecular complexity index is 260. The summed E-state index contributed by atoms with van der Waals surface area (Å²) in [5, 5.41) is 3.55. The first kappa shape index (κ1) is 12.9. The molecule has 3 heteroatoms. The minimum Gasteiger partial charge on any atom is -0.317 e. The minimum absolute atomic E-state index is 0.766. The van der Waals surface area contributed by atoms with Crippen LogP contribution in [0.1, 0.15) is 45.4 Å². The van der Waals surface area contributed by atoms with Gasteiger partial charge >= 0.3 is 0 Å². The number of piperidine rings is 1. The van der Waals surface area contributed by atoms with E-state index in [0.29, 0.717) is 0 Å². The number of hydrogen-bond donors (Lipinski definition) is 1. The molecule has 3 fully saturated rings. The molecule has 3 nitrogen and oxygen atoms in total. The van der Waals surface area contributed by atoms with Crippen LogP contribution >= 0.6 is 0 Å². The fraction of sp³-hybridized carbons (Fsp3) is 1.00. The van der Waals surface area contributed by atoms with E-state index in [1.165, 1.54) is 71.2 Å². The molecule has 18 heavy (non-hydrogen) atoms. The molecule has 0 aromatic heterocycles. The van der Waals surface area contributed by atoms with Gasteiger partial charge in [0.05, 0.1) is 0 Å². The summed E-state index contributed by atoms with van der Waals surface area (Å²) in [5.41, 5.74) is 0. The van der Waals surface area contributed by atoms with Gasteiger partial charge in [0.25, 0.3) is 0 Å². The maximum atomic E-state index is 3.55. The van der Waals surface area contributed by atoms with Crippen LogP contribution in [-0.2, 0) is 0 Å². The van der Waals surface area contributed by atoms with E-state index in [0.717, 1.165) is 18.1 Å². The van der Waals surface area contributed by atoms with E-state index in [1.54, 1.807) is 0 Å². The van der Waals surface area contributed by atoms with Crippen LogP contribution in [0.5, 0.6) is 0 Å². The highest BCUT2D eigenvalue weighted by atomic mass is 15.3. The normalized spacial score (nSPS) is 40.2. The van der Waals surface area contributed by atoms with E-state index in [2.05, 4.69) is 22.0 Å². The molecule has 0 aliphatic carbocycles. The third kappa shape index (κ3) is 2.73. The summed E-state index contributed by atoms with van der Waals surface area (Å²) < 4.78 is 0. The van der Waals surface area contributed by atoms with Crippen LogP contribution in [0.3, 0.4) is 0 Å². The largest absolute Gasteiger partial charge is 0.317 e. The molecule has 0 radical (unpaired) electrons. The summed E-state index contributed by atoms with van der Waals surface area (Å²) >= 11 is 0. The van der Waals surface area contributed by atoms with Gasteiger partial charge in [0.15, 0.2) is 0 Å². The summed E-state index contributed by atoms with van der Waals surface area (Å²) in [7, 11) is 0. The number of nitrogens with zero attached hydrogens (tertiary/aromatic N) is 2. The van der Waals surface area contributed by atoms with Crippen molar-refractivity contribution in [2.45, 2.75) is 63.6 Å². The van der Waals surface area contributed by atoms with Gasteiger partial charge < -0.3 is 5.32 Å². The van der Waals surface area contributed by atoms with Gasteiger partial charge in [-0.25, -0.2) is 0 Å². The van der Waals surface area contributed by atoms with Gasteiger partial charge in [0.1, 0.15) is 0 Å². The molecule has 3 atom stereocenters. The average molecular weight is 251 g/mol. The Labute approximate surface area is 112 Å². The van der Waals surface area contributed by atoms with Gasteiger partial charge in [-0.2, -0.15) is 0 Å². The summed E-state index contributed by atoms with van der Waals surface area (Å²) in [6.45, 7) is 8.91. The Balaban J connectivity index is 1.63. The lowest BCUT2D eigenvalue weighted by molar-refractivity contribution is -0.0104. The highest BCUT2D eigenvalue weighted by Gasteiger charge is 2.35. The lowest BCUT2D eigenvalue weighted by atomic mass is 9.94. The standard InChI is InChI=1S/C15H29N3/c1-13-11-17-10-3-2-5-15(17)12-18(13)14-6-4-8-16-9-7-14/h13-16H,2-12H2,1H3. The second-order valence-electron chi connectivity index (χ2n) is 6.53. The molecule has 3 heterocycles. The molecule has 0 spiro atoms. The van der Waals surface area contributed by atoms with Gasteiger partial charge in [0, 0.05) is 31.2 Å². The van der Waals surface area contributed by atoms with E-state index >= 15 is 0 Å². The molecule has 3 aliphatic rings. The quantitative estimate of drug-likeness (QED) is 0.765. The van der Waals surface area contributed by atoms with E-state index in [1.807, 2.05) is 0 Å². The van der Waals surface area contributed by atoms with Crippen LogP contribution in [0.25, 0.3) is 0 Å². The molecular weight excluding hydrogens is 222 g/mol. The molecule has 3 saturated heterocycles. The highest BCUT2D eigenvalue weighted by molar-refractivity contribution is 4.92. The maximum Gasteiger partial charge on any atom is 0.0224 e. The van der Waals surface area contributed by atoms with E-state index in [4.69, 9.17) is 0 Å². The molecule has 0 amide bonds. The number of rotatable bonds is 1. The topological polar surface area (TPSA) is 18.5 Å². The summed E-state index contributed by atoms with van der Waals surface area (Å²) in [6, 6.07) is 2.48. The fourth-order valence-electron chi connectivity index (χ4n) is 4.22. The zero-order chi connectivity index (χ0) is 12.4. The van der Waals surface area contributed by atoms with Crippen molar-refractivity contribution in [3.8, 4) is 0 Å². The van der Waals surface area contributed by atoms with Gasteiger partial charge in [-0.05, 0) is 58.7 Å². The monoisotopic (exact) mass is 251 g/mol. The molecule has 3 aliphatic heterocycles. The number of fused-ring (bicyclic) bond motifs is 1. The maximum absolute atomic E-state index is 3.55. The van der Waals surface area contributed by atoms with Crippen LogP contribution in [0.15, 0.2) is 0 Å². The zero-order valence-electron chi connectivity index (χ0n) is 11.9. The molecule has 0 saturated carbocycles. The predicted octanol–water partition coefficient (Wildman–Crippen LogP) is 1.69. The lowest BCUT2D eigenvalue weighted by Gasteiger charge is -2.50. The first-order valence-corrected chi connectivity index (χ1v) is 8.05. The first-order chi connectivity index (χ1) is 8.84. The highest BCUT2D eigenvalue weighted by Crippen LogP contribution is 2.27. The Morgan fingerprint density at radius 2 is 1.78 bits per heavy atom. The van der Waals surface area contributed by atoms with Crippen molar-refractivity contribution in [2.24, 2.45) is 0 Å². The minimum atomic E-state index is 0.766. The number of nitrogens with one attached hydrogen (secondary N) is 1. The molecule has 0 aromatic carbocycles. The van der Waals surface area contributed by atoms with Crippen molar-refractivity contribution in [3.05, 3.63) is 0 Å². The first-order valence-electron chi connectivity index (χ1n) is 8.05. The Kier molecular flexibility index (Phi) is 4.22. The molecular formula is C15H29N3. The van der Waals surface area contributed by atoms with Crippen molar-refractivity contribution in [1.29, 1.82) is 0 Å². The average Bonchev–Trinajstić information content (AvgIpc) is 2.66. The van der Waals surface area contributed by atoms with E-state index in [9.17, 15) is 0 Å². The third-order valence-corrected chi connectivity index (χ3v) is 5.25. The van der Waals surface area contributed by atoms with Crippen molar-refractivity contribution in [1.82, 2.24) is 15.1 Å². The smallest absolute Gasteiger partial charge is 0.0224 e. The molecule has 3 rings (SSSR count). The fourth-order valence-corrected chi connectivity index (χ4v) is 4.22. The van der Waals surface area contributed by atoms with Gasteiger partial charge in [-0.1, -0.05) is 6.42 Å². The van der Waals surface area contributed by atoms with E-state index < -0.39 is 0 Å². The second-order valence-corrected chi connectivity index (χ2v) is 6.53. The van der Waals surface area contributed by atoms with Crippen molar-refractivity contribution in [2.75, 3.05) is 32.7 Å². The van der Waals surface area contributed by atoms with Crippen LogP contribution in [0.2, 0.25) is 0 Å². The second kappa shape index (κ2) is 5.89. The predicted molar refractivity (Wildman–Crippen MR) is 75.9 cm³/mol. The van der Waals surface area contributed by atoms with Gasteiger partial charge in [-0.15, -0.1) is 0 Å². The van der Waals surface area contributed by atoms with Gasteiger partial charge in [0.2, 0.25) is 0 Å². The molecule has 104 valence electrons. The van der Waals surface area contributed by atoms with Crippen LogP contribution in [-0.4, -0.2) is 60.6 Å².